The lowest BCUT2D eigenvalue weighted by molar-refractivity contribution is -0.126. The first-order valence-corrected chi connectivity index (χ1v) is 12.0. The SMILES string of the molecule is CCCCNC(=O)C1CCN(C2=NS(=O)(=O)C(c3ccc(CC)cc3)=C2C)CC1. The number of likely N-dealkylation sites (tertiary alicyclic amines) is 1. The van der Waals surface area contributed by atoms with Gasteiger partial charge in [0, 0.05) is 31.1 Å². The summed E-state index contributed by atoms with van der Waals surface area (Å²) in [4.78, 5) is 14.6. The number of sulfonamides is 1. The minimum absolute atomic E-state index is 0.00735. The molecule has 6 nitrogen and oxygen atoms in total. The van der Waals surface area contributed by atoms with Crippen molar-refractivity contribution in [3.05, 3.63) is 41.0 Å². The van der Waals surface area contributed by atoms with Crippen LogP contribution < -0.4 is 5.32 Å². The molecule has 1 saturated heterocycles. The Bertz CT molecular complexity index is 909. The van der Waals surface area contributed by atoms with Crippen LogP contribution in [-0.4, -0.2) is 44.7 Å². The van der Waals surface area contributed by atoms with E-state index in [4.69, 9.17) is 0 Å². The lowest BCUT2D eigenvalue weighted by Crippen LogP contribution is -2.43. The molecule has 29 heavy (non-hydrogen) atoms. The second-order valence-electron chi connectivity index (χ2n) is 7.80. The minimum atomic E-state index is -3.71. The van der Waals surface area contributed by atoms with E-state index in [9.17, 15) is 13.2 Å². The Kier molecular flexibility index (Phi) is 6.77. The Morgan fingerprint density at radius 2 is 1.83 bits per heavy atom. The highest BCUT2D eigenvalue weighted by atomic mass is 32.2. The molecule has 0 saturated carbocycles. The van der Waals surface area contributed by atoms with Crippen LogP contribution >= 0.6 is 0 Å². The molecule has 2 heterocycles. The molecule has 1 aromatic carbocycles. The van der Waals surface area contributed by atoms with Crippen LogP contribution in [0.2, 0.25) is 0 Å². The average molecular weight is 418 g/mol. The third-order valence-corrected chi connectivity index (χ3v) is 7.23. The normalized spacial score (nSPS) is 19.4. The van der Waals surface area contributed by atoms with Crippen LogP contribution in [0.3, 0.4) is 0 Å². The van der Waals surface area contributed by atoms with Gasteiger partial charge in [0.1, 0.15) is 10.7 Å². The molecule has 0 aromatic heterocycles. The second kappa shape index (κ2) is 9.11. The summed E-state index contributed by atoms with van der Waals surface area (Å²) in [5, 5.41) is 3.00. The van der Waals surface area contributed by atoms with Crippen molar-refractivity contribution in [3.63, 3.8) is 0 Å². The molecule has 7 heteroatoms. The van der Waals surface area contributed by atoms with Gasteiger partial charge in [-0.15, -0.1) is 4.40 Å². The van der Waals surface area contributed by atoms with Gasteiger partial charge in [-0.3, -0.25) is 4.79 Å². The van der Waals surface area contributed by atoms with Gasteiger partial charge in [0.15, 0.2) is 0 Å². The summed E-state index contributed by atoms with van der Waals surface area (Å²) >= 11 is 0. The molecule has 0 bridgehead atoms. The summed E-state index contributed by atoms with van der Waals surface area (Å²) in [6.07, 6.45) is 4.39. The summed E-state index contributed by atoms with van der Waals surface area (Å²) < 4.78 is 29.6. The quantitative estimate of drug-likeness (QED) is 0.720. The van der Waals surface area contributed by atoms with E-state index in [0.717, 1.165) is 25.8 Å². The van der Waals surface area contributed by atoms with Crippen LogP contribution in [0.15, 0.2) is 34.2 Å². The van der Waals surface area contributed by atoms with Gasteiger partial charge in [0.05, 0.1) is 0 Å². The minimum Gasteiger partial charge on any atom is -0.356 e. The lowest BCUT2D eigenvalue weighted by atomic mass is 9.95. The fourth-order valence-electron chi connectivity index (χ4n) is 3.96. The van der Waals surface area contributed by atoms with E-state index in [2.05, 4.69) is 23.6 Å². The zero-order chi connectivity index (χ0) is 21.0. The van der Waals surface area contributed by atoms with Gasteiger partial charge in [-0.25, -0.2) is 0 Å². The van der Waals surface area contributed by atoms with Crippen molar-refractivity contribution in [1.29, 1.82) is 0 Å². The molecule has 0 atom stereocenters. The Morgan fingerprint density at radius 1 is 1.17 bits per heavy atom. The van der Waals surface area contributed by atoms with E-state index in [-0.39, 0.29) is 11.8 Å². The van der Waals surface area contributed by atoms with Crippen LogP contribution in [0.1, 0.15) is 57.6 Å². The maximum atomic E-state index is 12.8. The highest BCUT2D eigenvalue weighted by Gasteiger charge is 2.35. The van der Waals surface area contributed by atoms with Gasteiger partial charge in [0.25, 0.3) is 10.0 Å². The van der Waals surface area contributed by atoms with E-state index in [1.165, 1.54) is 5.56 Å². The first kappa shape index (κ1) is 21.6. The average Bonchev–Trinajstić information content (AvgIpc) is 2.97. The molecule has 1 amide bonds. The molecule has 0 aliphatic carbocycles. The molecule has 2 aliphatic heterocycles. The highest BCUT2D eigenvalue weighted by Crippen LogP contribution is 2.34. The zero-order valence-corrected chi connectivity index (χ0v) is 18.4. The van der Waals surface area contributed by atoms with Crippen LogP contribution in [0, 0.1) is 5.92 Å². The van der Waals surface area contributed by atoms with Crippen molar-refractivity contribution in [3.8, 4) is 0 Å². The fraction of sp³-hybridized carbons (Fsp3) is 0.545. The number of nitrogens with zero attached hydrogens (tertiary/aromatic N) is 2. The number of amides is 1. The van der Waals surface area contributed by atoms with Crippen molar-refractivity contribution in [2.24, 2.45) is 10.3 Å². The number of amidine groups is 1. The monoisotopic (exact) mass is 417 g/mol. The van der Waals surface area contributed by atoms with Crippen LogP contribution in [0.4, 0.5) is 0 Å². The van der Waals surface area contributed by atoms with Crippen LogP contribution in [0.5, 0.6) is 0 Å². The van der Waals surface area contributed by atoms with Crippen LogP contribution in [0.25, 0.3) is 4.91 Å². The fourth-order valence-corrected chi connectivity index (χ4v) is 5.44. The standard InChI is InChI=1S/C22H31N3O3S/c1-4-6-13-23-22(26)19-11-14-25(15-12-19)21-16(3)20(29(27,28)24-21)18-9-7-17(5-2)8-10-18/h7-10,19H,4-6,11-15H2,1-3H3,(H,23,26). The number of hydrogen-bond donors (Lipinski definition) is 1. The number of rotatable bonds is 6. The largest absolute Gasteiger partial charge is 0.356 e. The smallest absolute Gasteiger partial charge is 0.285 e. The van der Waals surface area contributed by atoms with E-state index in [1.807, 2.05) is 36.1 Å². The third-order valence-electron chi connectivity index (χ3n) is 5.76. The Balaban J connectivity index is 1.71. The number of carbonyl (C=O) groups is 1. The first-order valence-electron chi connectivity index (χ1n) is 10.6. The Hall–Kier alpha value is -2.15. The van der Waals surface area contributed by atoms with Crippen molar-refractivity contribution in [2.75, 3.05) is 19.6 Å². The van der Waals surface area contributed by atoms with Gasteiger partial charge in [-0.05, 0) is 43.7 Å². The lowest BCUT2D eigenvalue weighted by Gasteiger charge is -2.32. The van der Waals surface area contributed by atoms with Gasteiger partial charge in [-0.1, -0.05) is 44.5 Å². The van der Waals surface area contributed by atoms with Gasteiger partial charge < -0.3 is 10.2 Å². The summed E-state index contributed by atoms with van der Waals surface area (Å²) in [5.41, 5.74) is 2.55. The molecule has 1 fully saturated rings. The third kappa shape index (κ3) is 4.71. The van der Waals surface area contributed by atoms with Crippen molar-refractivity contribution >= 4 is 26.7 Å². The number of carbonyl (C=O) groups excluding carboxylic acids is 1. The summed E-state index contributed by atoms with van der Waals surface area (Å²) in [6.45, 7) is 8.00. The number of piperidine rings is 1. The molecule has 1 N–H and O–H groups in total. The number of hydrogen-bond acceptors (Lipinski definition) is 4. The molecule has 1 aromatic rings. The van der Waals surface area contributed by atoms with Crippen LogP contribution in [-0.2, 0) is 21.2 Å². The van der Waals surface area contributed by atoms with E-state index in [0.29, 0.717) is 47.8 Å². The Labute approximate surface area is 174 Å². The van der Waals surface area contributed by atoms with E-state index in [1.54, 1.807) is 0 Å². The predicted molar refractivity (Wildman–Crippen MR) is 117 cm³/mol. The molecule has 158 valence electrons. The number of nitrogens with one attached hydrogen (secondary N) is 1. The molecule has 0 radical (unpaired) electrons. The molecule has 0 spiro atoms. The van der Waals surface area contributed by atoms with Gasteiger partial charge in [0.2, 0.25) is 5.91 Å². The van der Waals surface area contributed by atoms with E-state index < -0.39 is 10.0 Å². The predicted octanol–water partition coefficient (Wildman–Crippen LogP) is 3.35. The molecule has 0 unspecified atom stereocenters. The van der Waals surface area contributed by atoms with Gasteiger partial charge in [-0.2, -0.15) is 8.42 Å². The molecule has 3 rings (SSSR count). The maximum absolute atomic E-state index is 12.8. The number of unbranched alkanes of at least 4 members (excludes halogenated alkanes) is 1. The zero-order valence-electron chi connectivity index (χ0n) is 17.6. The number of aryl methyl sites for hydroxylation is 1. The van der Waals surface area contributed by atoms with Gasteiger partial charge >= 0.3 is 0 Å². The first-order chi connectivity index (χ1) is 13.9. The Morgan fingerprint density at radius 3 is 2.41 bits per heavy atom. The highest BCUT2D eigenvalue weighted by molar-refractivity contribution is 8.00. The molecular weight excluding hydrogens is 386 g/mol. The van der Waals surface area contributed by atoms with Crippen molar-refractivity contribution in [2.45, 2.75) is 52.9 Å². The molecule has 2 aliphatic rings. The molecular formula is C22H31N3O3S. The van der Waals surface area contributed by atoms with Crippen molar-refractivity contribution < 1.29 is 13.2 Å². The summed E-state index contributed by atoms with van der Waals surface area (Å²) in [7, 11) is -3.71. The summed E-state index contributed by atoms with van der Waals surface area (Å²) in [6, 6.07) is 7.65. The topological polar surface area (TPSA) is 78.8 Å². The maximum Gasteiger partial charge on any atom is 0.285 e. The van der Waals surface area contributed by atoms with E-state index >= 15 is 0 Å². The number of benzene rings is 1. The summed E-state index contributed by atoms with van der Waals surface area (Å²) in [5.74, 6) is 0.638. The van der Waals surface area contributed by atoms with Crippen molar-refractivity contribution in [1.82, 2.24) is 10.2 Å². The second-order valence-corrected chi connectivity index (χ2v) is 9.34.